The number of hydrogen-bond donors (Lipinski definition) is 2. The minimum absolute atomic E-state index is 0.148. The van der Waals surface area contributed by atoms with E-state index < -0.39 is 5.97 Å². The van der Waals surface area contributed by atoms with Crippen LogP contribution in [0.15, 0.2) is 42.5 Å². The van der Waals surface area contributed by atoms with Crippen LogP contribution in [0.3, 0.4) is 0 Å². The van der Waals surface area contributed by atoms with Gasteiger partial charge in [-0.25, -0.2) is 4.79 Å². The number of benzene rings is 2. The Labute approximate surface area is 117 Å². The molecule has 0 fully saturated rings. The van der Waals surface area contributed by atoms with Crippen molar-refractivity contribution < 1.29 is 14.7 Å². The molecule has 0 saturated heterocycles. The summed E-state index contributed by atoms with van der Waals surface area (Å²) in [5.41, 5.74) is 3.02. The van der Waals surface area contributed by atoms with Crippen LogP contribution in [0, 0.1) is 13.8 Å². The number of carbonyl (C=O) groups excluding carboxylic acids is 1. The normalized spacial score (nSPS) is 10.1. The molecule has 0 aliphatic rings. The van der Waals surface area contributed by atoms with Crippen molar-refractivity contribution in [3.05, 3.63) is 64.7 Å². The van der Waals surface area contributed by atoms with Gasteiger partial charge in [-0.1, -0.05) is 23.8 Å². The first-order valence-corrected chi connectivity index (χ1v) is 6.19. The second-order valence-corrected chi connectivity index (χ2v) is 4.66. The summed E-state index contributed by atoms with van der Waals surface area (Å²) in [6.45, 7) is 3.73. The van der Waals surface area contributed by atoms with Crippen LogP contribution in [-0.2, 0) is 0 Å². The number of aryl methyl sites for hydroxylation is 2. The SMILES string of the molecule is Cc1cccc(C(=O)Nc2cc(C(=O)O)ccc2C)c1. The van der Waals surface area contributed by atoms with Crippen molar-refractivity contribution in [1.29, 1.82) is 0 Å². The number of nitrogens with one attached hydrogen (secondary N) is 1. The number of hydrogen-bond acceptors (Lipinski definition) is 2. The zero-order valence-corrected chi connectivity index (χ0v) is 11.3. The summed E-state index contributed by atoms with van der Waals surface area (Å²) in [5, 5.41) is 11.7. The molecule has 4 heteroatoms. The van der Waals surface area contributed by atoms with E-state index >= 15 is 0 Å². The standard InChI is InChI=1S/C16H15NO3/c1-10-4-3-5-12(8-10)15(18)17-14-9-13(16(19)20)7-6-11(14)2/h3-9H,1-2H3,(H,17,18)(H,19,20). The van der Waals surface area contributed by atoms with Crippen LogP contribution in [-0.4, -0.2) is 17.0 Å². The molecule has 20 heavy (non-hydrogen) atoms. The van der Waals surface area contributed by atoms with Crippen molar-refractivity contribution in [3.8, 4) is 0 Å². The highest BCUT2D eigenvalue weighted by atomic mass is 16.4. The Morgan fingerprint density at radius 2 is 1.75 bits per heavy atom. The largest absolute Gasteiger partial charge is 0.478 e. The maximum absolute atomic E-state index is 12.1. The predicted molar refractivity (Wildman–Crippen MR) is 77.3 cm³/mol. The Morgan fingerprint density at radius 3 is 2.40 bits per heavy atom. The molecule has 0 unspecified atom stereocenters. The summed E-state index contributed by atoms with van der Waals surface area (Å²) in [6, 6.07) is 11.9. The average Bonchev–Trinajstić information content (AvgIpc) is 2.41. The third kappa shape index (κ3) is 3.03. The molecule has 102 valence electrons. The second-order valence-electron chi connectivity index (χ2n) is 4.66. The maximum atomic E-state index is 12.1. The van der Waals surface area contributed by atoms with E-state index in [1.807, 2.05) is 26.0 Å². The van der Waals surface area contributed by atoms with Gasteiger partial charge in [-0.3, -0.25) is 4.79 Å². The first kappa shape index (κ1) is 13.8. The second kappa shape index (κ2) is 5.57. The third-order valence-corrected chi connectivity index (χ3v) is 3.01. The van der Waals surface area contributed by atoms with E-state index in [0.29, 0.717) is 11.3 Å². The molecule has 4 nitrogen and oxygen atoms in total. The molecule has 0 heterocycles. The number of aromatic carboxylic acids is 1. The fourth-order valence-corrected chi connectivity index (χ4v) is 1.87. The molecular weight excluding hydrogens is 254 g/mol. The first-order valence-electron chi connectivity index (χ1n) is 6.19. The molecule has 2 rings (SSSR count). The number of carbonyl (C=O) groups is 2. The van der Waals surface area contributed by atoms with E-state index in [2.05, 4.69) is 5.32 Å². The van der Waals surface area contributed by atoms with Gasteiger partial charge in [-0.2, -0.15) is 0 Å². The molecule has 0 aliphatic carbocycles. The van der Waals surface area contributed by atoms with E-state index in [4.69, 9.17) is 5.11 Å². The van der Waals surface area contributed by atoms with Gasteiger partial charge in [0, 0.05) is 11.3 Å². The molecular formula is C16H15NO3. The molecule has 2 N–H and O–H groups in total. The lowest BCUT2D eigenvalue weighted by Gasteiger charge is -2.09. The Kier molecular flexibility index (Phi) is 3.84. The van der Waals surface area contributed by atoms with Crippen LogP contribution in [0.2, 0.25) is 0 Å². The molecule has 0 spiro atoms. The van der Waals surface area contributed by atoms with Crippen molar-refractivity contribution in [2.75, 3.05) is 5.32 Å². The van der Waals surface area contributed by atoms with Gasteiger partial charge in [0.25, 0.3) is 5.91 Å². The Hall–Kier alpha value is -2.62. The van der Waals surface area contributed by atoms with Gasteiger partial charge in [-0.05, 0) is 43.7 Å². The fourth-order valence-electron chi connectivity index (χ4n) is 1.87. The third-order valence-electron chi connectivity index (χ3n) is 3.01. The Bertz CT molecular complexity index is 677. The number of carboxylic acids is 1. The van der Waals surface area contributed by atoms with E-state index in [1.165, 1.54) is 12.1 Å². The molecule has 0 saturated carbocycles. The summed E-state index contributed by atoms with van der Waals surface area (Å²) >= 11 is 0. The van der Waals surface area contributed by atoms with Gasteiger partial charge in [0.2, 0.25) is 0 Å². The van der Waals surface area contributed by atoms with Crippen LogP contribution in [0.1, 0.15) is 31.8 Å². The summed E-state index contributed by atoms with van der Waals surface area (Å²) in [7, 11) is 0. The smallest absolute Gasteiger partial charge is 0.335 e. The van der Waals surface area contributed by atoms with Gasteiger partial charge in [-0.15, -0.1) is 0 Å². The number of anilines is 1. The van der Waals surface area contributed by atoms with Gasteiger partial charge < -0.3 is 10.4 Å². The highest BCUT2D eigenvalue weighted by Gasteiger charge is 2.10. The van der Waals surface area contributed by atoms with Crippen molar-refractivity contribution in [2.45, 2.75) is 13.8 Å². The van der Waals surface area contributed by atoms with Gasteiger partial charge in [0.15, 0.2) is 0 Å². The van der Waals surface area contributed by atoms with Crippen molar-refractivity contribution in [1.82, 2.24) is 0 Å². The molecule has 0 atom stereocenters. The van der Waals surface area contributed by atoms with Gasteiger partial charge in [0.05, 0.1) is 5.56 Å². The Morgan fingerprint density at radius 1 is 1.00 bits per heavy atom. The molecule has 0 aromatic heterocycles. The molecule has 2 aromatic carbocycles. The lowest BCUT2D eigenvalue weighted by Crippen LogP contribution is -2.13. The van der Waals surface area contributed by atoms with E-state index in [1.54, 1.807) is 18.2 Å². The highest BCUT2D eigenvalue weighted by Crippen LogP contribution is 2.18. The quantitative estimate of drug-likeness (QED) is 0.898. The topological polar surface area (TPSA) is 66.4 Å². The summed E-state index contributed by atoms with van der Waals surface area (Å²) in [4.78, 5) is 23.1. The van der Waals surface area contributed by atoms with Crippen molar-refractivity contribution in [2.24, 2.45) is 0 Å². The van der Waals surface area contributed by atoms with Crippen molar-refractivity contribution in [3.63, 3.8) is 0 Å². The lowest BCUT2D eigenvalue weighted by molar-refractivity contribution is 0.0696. The minimum atomic E-state index is -1.02. The van der Waals surface area contributed by atoms with Crippen LogP contribution < -0.4 is 5.32 Å². The fraction of sp³-hybridized carbons (Fsp3) is 0.125. The van der Waals surface area contributed by atoms with Crippen LogP contribution in [0.25, 0.3) is 0 Å². The maximum Gasteiger partial charge on any atom is 0.335 e. The van der Waals surface area contributed by atoms with E-state index in [-0.39, 0.29) is 11.5 Å². The molecule has 2 aromatic rings. The number of carboxylic acid groups (broad SMARTS) is 1. The minimum Gasteiger partial charge on any atom is -0.478 e. The molecule has 0 aliphatic heterocycles. The zero-order valence-electron chi connectivity index (χ0n) is 11.3. The highest BCUT2D eigenvalue weighted by molar-refractivity contribution is 6.05. The van der Waals surface area contributed by atoms with Gasteiger partial charge in [0.1, 0.15) is 0 Å². The Balaban J connectivity index is 2.27. The first-order chi connectivity index (χ1) is 9.47. The van der Waals surface area contributed by atoms with E-state index in [0.717, 1.165) is 11.1 Å². The predicted octanol–water partition coefficient (Wildman–Crippen LogP) is 3.25. The monoisotopic (exact) mass is 269 g/mol. The van der Waals surface area contributed by atoms with Crippen LogP contribution in [0.4, 0.5) is 5.69 Å². The van der Waals surface area contributed by atoms with Crippen LogP contribution >= 0.6 is 0 Å². The number of amides is 1. The van der Waals surface area contributed by atoms with Crippen molar-refractivity contribution >= 4 is 17.6 Å². The zero-order chi connectivity index (χ0) is 14.7. The summed E-state index contributed by atoms with van der Waals surface area (Å²) in [5.74, 6) is -1.27. The summed E-state index contributed by atoms with van der Waals surface area (Å²) < 4.78 is 0. The summed E-state index contributed by atoms with van der Waals surface area (Å²) in [6.07, 6.45) is 0. The van der Waals surface area contributed by atoms with Gasteiger partial charge >= 0.3 is 5.97 Å². The molecule has 0 bridgehead atoms. The molecule has 1 amide bonds. The number of rotatable bonds is 3. The van der Waals surface area contributed by atoms with Crippen LogP contribution in [0.5, 0.6) is 0 Å². The van der Waals surface area contributed by atoms with E-state index in [9.17, 15) is 9.59 Å². The lowest BCUT2D eigenvalue weighted by atomic mass is 10.1. The average molecular weight is 269 g/mol. The molecule has 0 radical (unpaired) electrons.